The monoisotopic (exact) mass is 236 g/mol. The molecule has 0 fully saturated rings. The summed E-state index contributed by atoms with van der Waals surface area (Å²) in [5.41, 5.74) is 0. The molecule has 0 atom stereocenters. The fraction of sp³-hybridized carbons (Fsp3) is 0.818. The quantitative estimate of drug-likeness (QED) is 0.382. The van der Waals surface area contributed by atoms with Crippen LogP contribution in [0.3, 0.4) is 0 Å². The summed E-state index contributed by atoms with van der Waals surface area (Å²) >= 11 is 0. The largest absolute Gasteiger partial charge is 2.00 e. The van der Waals surface area contributed by atoms with Gasteiger partial charge in [0.15, 0.2) is 0 Å². The van der Waals surface area contributed by atoms with E-state index in [4.69, 9.17) is 9.47 Å². The molecule has 0 saturated heterocycles. The van der Waals surface area contributed by atoms with Crippen molar-refractivity contribution in [3.05, 3.63) is 13.7 Å². The van der Waals surface area contributed by atoms with E-state index in [-0.39, 0.29) is 21.7 Å². The molecule has 0 spiro atoms. The summed E-state index contributed by atoms with van der Waals surface area (Å²) in [6.45, 7) is 12.5. The summed E-state index contributed by atoms with van der Waals surface area (Å²) in [4.78, 5) is 0. The summed E-state index contributed by atoms with van der Waals surface area (Å²) in [6.07, 6.45) is 5.07. The second-order valence-electron chi connectivity index (χ2n) is 2.57. The van der Waals surface area contributed by atoms with Gasteiger partial charge in [0.2, 0.25) is 0 Å². The zero-order valence-corrected chi connectivity index (χ0v) is 11.4. The van der Waals surface area contributed by atoms with Gasteiger partial charge in [-0.25, -0.2) is 0 Å². The molecule has 0 unspecified atom stereocenters. The average Bonchev–Trinajstić information content (AvgIpc) is 2.17. The number of rotatable bonds is 7. The Kier molecular flexibility index (Phi) is 33.7. The summed E-state index contributed by atoms with van der Waals surface area (Å²) in [6, 6.07) is 0. The molecule has 0 radical (unpaired) electrons. The number of unbranched alkanes of at least 4 members (excludes halogenated alkanes) is 3. The Hall–Kier alpha value is 0.634. The fourth-order valence-electron chi connectivity index (χ4n) is 0.611. The third kappa shape index (κ3) is 29.3. The molecular formula is C11H24O2Ti. The van der Waals surface area contributed by atoms with Gasteiger partial charge in [0.05, 0.1) is 0 Å². The van der Waals surface area contributed by atoms with Gasteiger partial charge >= 0.3 is 21.7 Å². The third-order valence-corrected chi connectivity index (χ3v) is 1.32. The summed E-state index contributed by atoms with van der Waals surface area (Å²) < 4.78 is 9.45. The van der Waals surface area contributed by atoms with Crippen molar-refractivity contribution in [1.82, 2.24) is 0 Å². The topological polar surface area (TPSA) is 18.5 Å². The Labute approximate surface area is 105 Å². The summed E-state index contributed by atoms with van der Waals surface area (Å²) in [7, 11) is 0. The molecule has 0 bridgehead atoms. The minimum absolute atomic E-state index is 0. The Morgan fingerprint density at radius 3 is 1.71 bits per heavy atom. The van der Waals surface area contributed by atoms with Gasteiger partial charge in [0, 0.05) is 13.2 Å². The van der Waals surface area contributed by atoms with Crippen LogP contribution in [0.5, 0.6) is 0 Å². The van der Waals surface area contributed by atoms with E-state index in [1.54, 1.807) is 0 Å². The fourth-order valence-corrected chi connectivity index (χ4v) is 0.611. The smallest absolute Gasteiger partial charge is 0.525 e. The van der Waals surface area contributed by atoms with Crippen LogP contribution in [0.4, 0.5) is 0 Å². The average molecular weight is 236 g/mol. The predicted molar refractivity (Wildman–Crippen MR) is 57.1 cm³/mol. The molecular weight excluding hydrogens is 212 g/mol. The van der Waals surface area contributed by atoms with Crippen molar-refractivity contribution in [2.75, 3.05) is 13.2 Å². The number of ether oxygens (including phenoxy) is 2. The van der Waals surface area contributed by atoms with E-state index < -0.39 is 0 Å². The first-order valence-electron chi connectivity index (χ1n) is 5.17. The van der Waals surface area contributed by atoms with Gasteiger partial charge in [-0.3, -0.25) is 0 Å². The van der Waals surface area contributed by atoms with E-state index in [2.05, 4.69) is 13.8 Å². The molecule has 0 aliphatic heterocycles. The van der Waals surface area contributed by atoms with Crippen molar-refractivity contribution in [3.8, 4) is 0 Å². The van der Waals surface area contributed by atoms with Gasteiger partial charge in [-0.05, 0) is 13.8 Å². The van der Waals surface area contributed by atoms with Crippen LogP contribution in [-0.4, -0.2) is 13.2 Å². The first-order chi connectivity index (χ1) is 6.33. The van der Waals surface area contributed by atoms with Crippen LogP contribution in [0, 0.1) is 13.7 Å². The van der Waals surface area contributed by atoms with Crippen LogP contribution in [0.25, 0.3) is 0 Å². The molecule has 0 heterocycles. The molecule has 0 aromatic carbocycles. The Balaban J connectivity index is -0.000000163. The molecule has 0 aromatic heterocycles. The van der Waals surface area contributed by atoms with Gasteiger partial charge in [-0.1, -0.05) is 33.0 Å². The normalized spacial score (nSPS) is 8.57. The van der Waals surface area contributed by atoms with E-state index in [0.29, 0.717) is 13.2 Å². The van der Waals surface area contributed by atoms with Crippen LogP contribution in [0.2, 0.25) is 0 Å². The van der Waals surface area contributed by atoms with Gasteiger partial charge < -0.3 is 16.4 Å². The maximum atomic E-state index is 4.73. The van der Waals surface area contributed by atoms with Crippen LogP contribution >= 0.6 is 0 Å². The van der Waals surface area contributed by atoms with Crippen LogP contribution in [0.15, 0.2) is 0 Å². The molecule has 0 aliphatic carbocycles. The molecule has 0 aromatic rings. The van der Waals surface area contributed by atoms with Gasteiger partial charge in [-0.15, -0.1) is 0 Å². The van der Waals surface area contributed by atoms with Crippen molar-refractivity contribution < 1.29 is 31.2 Å². The second kappa shape index (κ2) is 23.4. The third-order valence-electron chi connectivity index (χ3n) is 1.32. The zero-order chi connectivity index (χ0) is 10.4. The van der Waals surface area contributed by atoms with Crippen molar-refractivity contribution in [2.45, 2.75) is 46.5 Å². The number of hydrogen-bond acceptors (Lipinski definition) is 2. The van der Waals surface area contributed by atoms with Crippen LogP contribution < -0.4 is 0 Å². The molecule has 0 rings (SSSR count). The minimum Gasteiger partial charge on any atom is -0.525 e. The Morgan fingerprint density at radius 1 is 1.00 bits per heavy atom. The maximum Gasteiger partial charge on any atom is 2.00 e. The zero-order valence-electron chi connectivity index (χ0n) is 9.84. The van der Waals surface area contributed by atoms with Gasteiger partial charge in [0.1, 0.15) is 0 Å². The van der Waals surface area contributed by atoms with E-state index in [1.807, 2.05) is 13.8 Å². The standard InChI is InChI=1S/C6H13.C5H11O2.Ti/c1-3-5-6-4-2;1-3-6-5-7-4-2;/h1,3-6H2,2H3;5H,3-4H2,1-2H3;/q2*-1;+2. The van der Waals surface area contributed by atoms with Crippen LogP contribution in [0.1, 0.15) is 46.5 Å². The molecule has 2 nitrogen and oxygen atoms in total. The number of hydrogen-bond donors (Lipinski definition) is 0. The summed E-state index contributed by atoms with van der Waals surface area (Å²) in [5.74, 6) is 0. The molecule has 0 N–H and O–H groups in total. The summed E-state index contributed by atoms with van der Waals surface area (Å²) in [5, 5.41) is 0. The Bertz CT molecular complexity index is 62.3. The molecule has 14 heavy (non-hydrogen) atoms. The molecule has 0 aliphatic rings. The van der Waals surface area contributed by atoms with Gasteiger partial charge in [-0.2, -0.15) is 6.42 Å². The predicted octanol–water partition coefficient (Wildman–Crippen LogP) is 3.58. The minimum atomic E-state index is 0. The van der Waals surface area contributed by atoms with Crippen molar-refractivity contribution >= 4 is 0 Å². The van der Waals surface area contributed by atoms with E-state index >= 15 is 0 Å². The molecule has 3 heteroatoms. The van der Waals surface area contributed by atoms with Crippen molar-refractivity contribution in [1.29, 1.82) is 0 Å². The molecule has 0 saturated carbocycles. The van der Waals surface area contributed by atoms with E-state index in [9.17, 15) is 0 Å². The van der Waals surface area contributed by atoms with E-state index in [1.165, 1.54) is 26.1 Å². The molecule has 84 valence electrons. The van der Waals surface area contributed by atoms with Crippen molar-refractivity contribution in [2.24, 2.45) is 0 Å². The Morgan fingerprint density at radius 2 is 1.50 bits per heavy atom. The van der Waals surface area contributed by atoms with E-state index in [0.717, 1.165) is 6.42 Å². The first-order valence-corrected chi connectivity index (χ1v) is 5.17. The maximum absolute atomic E-state index is 4.73. The molecule has 0 amide bonds. The van der Waals surface area contributed by atoms with Crippen molar-refractivity contribution in [3.63, 3.8) is 0 Å². The van der Waals surface area contributed by atoms with Crippen LogP contribution in [-0.2, 0) is 31.2 Å². The van der Waals surface area contributed by atoms with Gasteiger partial charge in [0.25, 0.3) is 0 Å². The first kappa shape index (κ1) is 20.1. The SMILES string of the molecule is CCO[CH-]OCC.[CH2-]CCCCC.[Ti+2]. The second-order valence-corrected chi connectivity index (χ2v) is 2.57.